The van der Waals surface area contributed by atoms with Gasteiger partial charge in [0, 0.05) is 9.58 Å². The van der Waals surface area contributed by atoms with Crippen molar-refractivity contribution in [1.82, 2.24) is 0 Å². The molecule has 0 N–H and O–H groups in total. The molecule has 2 rings (SSSR count). The van der Waals surface area contributed by atoms with Crippen LogP contribution in [-0.4, -0.2) is 0 Å². The molecule has 0 aliphatic rings. The first-order valence-electron chi connectivity index (χ1n) is 4.78. The van der Waals surface area contributed by atoms with E-state index in [1.165, 1.54) is 33.4 Å². The van der Waals surface area contributed by atoms with Crippen LogP contribution >= 0.6 is 11.3 Å². The first-order chi connectivity index (χ1) is 6.29. The van der Waals surface area contributed by atoms with Gasteiger partial charge in [0.25, 0.3) is 0 Å². The lowest BCUT2D eigenvalue weighted by Gasteiger charge is -1.89. The van der Waals surface area contributed by atoms with Gasteiger partial charge in [0.2, 0.25) is 0 Å². The summed E-state index contributed by atoms with van der Waals surface area (Å²) >= 11 is 1.93. The maximum atomic E-state index is 2.33. The molecule has 0 spiro atoms. The summed E-state index contributed by atoms with van der Waals surface area (Å²) in [6, 6.07) is 9.02. The molecule has 0 nitrogen and oxygen atoms in total. The Labute approximate surface area is 83.2 Å². The summed E-state index contributed by atoms with van der Waals surface area (Å²) in [5.41, 5.74) is 1.35. The van der Waals surface area contributed by atoms with Crippen LogP contribution in [0.1, 0.15) is 23.8 Å². The molecule has 1 heterocycles. The van der Waals surface area contributed by atoms with Crippen LogP contribution in [0.3, 0.4) is 0 Å². The van der Waals surface area contributed by atoms with Crippen LogP contribution in [0.5, 0.6) is 0 Å². The number of benzene rings is 1. The molecule has 0 radical (unpaired) electrons. The second-order valence-corrected chi connectivity index (χ2v) is 4.67. The minimum Gasteiger partial charge on any atom is -0.140 e. The van der Waals surface area contributed by atoms with Crippen LogP contribution in [0.15, 0.2) is 24.3 Å². The van der Waals surface area contributed by atoms with Crippen LogP contribution in [0.25, 0.3) is 10.1 Å². The van der Waals surface area contributed by atoms with Gasteiger partial charge in [0.1, 0.15) is 0 Å². The van der Waals surface area contributed by atoms with Gasteiger partial charge in [0.05, 0.1) is 0 Å². The topological polar surface area (TPSA) is 0 Å². The van der Waals surface area contributed by atoms with E-state index >= 15 is 0 Å². The SMILES string of the molecule is CCCc1cc2cc(C)ccc2s1. The molecule has 1 heteroatoms. The molecule has 2 aromatic rings. The van der Waals surface area contributed by atoms with Crippen LogP contribution < -0.4 is 0 Å². The maximum Gasteiger partial charge on any atom is 0.0345 e. The van der Waals surface area contributed by atoms with E-state index in [1.807, 2.05) is 11.3 Å². The zero-order chi connectivity index (χ0) is 9.26. The van der Waals surface area contributed by atoms with Crippen molar-refractivity contribution in [1.29, 1.82) is 0 Å². The molecule has 0 aliphatic carbocycles. The van der Waals surface area contributed by atoms with E-state index in [2.05, 4.69) is 38.1 Å². The van der Waals surface area contributed by atoms with Crippen molar-refractivity contribution in [2.75, 3.05) is 0 Å². The highest BCUT2D eigenvalue weighted by Gasteiger charge is 2.00. The summed E-state index contributed by atoms with van der Waals surface area (Å²) in [4.78, 5) is 1.52. The highest BCUT2D eigenvalue weighted by atomic mass is 32.1. The molecule has 0 unspecified atom stereocenters. The Bertz CT molecular complexity index is 412. The standard InChI is InChI=1S/C12H14S/c1-3-4-11-8-10-7-9(2)5-6-12(10)13-11/h5-8H,3-4H2,1-2H3. The average Bonchev–Trinajstić information content (AvgIpc) is 2.46. The molecule has 0 bridgehead atoms. The van der Waals surface area contributed by atoms with Crippen molar-refractivity contribution in [3.8, 4) is 0 Å². The van der Waals surface area contributed by atoms with Gasteiger partial charge in [0.15, 0.2) is 0 Å². The van der Waals surface area contributed by atoms with Crippen LogP contribution in [0.2, 0.25) is 0 Å². The molecule has 0 saturated heterocycles. The Morgan fingerprint density at radius 1 is 1.23 bits per heavy atom. The number of hydrogen-bond donors (Lipinski definition) is 0. The van der Waals surface area contributed by atoms with Crippen molar-refractivity contribution in [3.63, 3.8) is 0 Å². The third-order valence-electron chi connectivity index (χ3n) is 2.22. The first-order valence-corrected chi connectivity index (χ1v) is 5.60. The van der Waals surface area contributed by atoms with Gasteiger partial charge in [-0.3, -0.25) is 0 Å². The van der Waals surface area contributed by atoms with E-state index in [-0.39, 0.29) is 0 Å². The Morgan fingerprint density at radius 3 is 2.85 bits per heavy atom. The number of fused-ring (bicyclic) bond motifs is 1. The van der Waals surface area contributed by atoms with Gasteiger partial charge in [-0.25, -0.2) is 0 Å². The smallest absolute Gasteiger partial charge is 0.0345 e. The van der Waals surface area contributed by atoms with E-state index in [4.69, 9.17) is 0 Å². The van der Waals surface area contributed by atoms with Crippen LogP contribution in [-0.2, 0) is 6.42 Å². The van der Waals surface area contributed by atoms with Gasteiger partial charge in [-0.05, 0) is 30.9 Å². The van der Waals surface area contributed by atoms with E-state index in [9.17, 15) is 0 Å². The number of rotatable bonds is 2. The lowest BCUT2D eigenvalue weighted by atomic mass is 10.2. The largest absolute Gasteiger partial charge is 0.140 e. The molecular weight excluding hydrogens is 176 g/mol. The number of hydrogen-bond acceptors (Lipinski definition) is 1. The molecule has 0 fully saturated rings. The molecular formula is C12H14S. The predicted octanol–water partition coefficient (Wildman–Crippen LogP) is 4.16. The van der Waals surface area contributed by atoms with Crippen LogP contribution in [0.4, 0.5) is 0 Å². The van der Waals surface area contributed by atoms with E-state index in [1.54, 1.807) is 0 Å². The molecule has 1 aromatic carbocycles. The maximum absolute atomic E-state index is 2.33. The summed E-state index contributed by atoms with van der Waals surface area (Å²) in [6.07, 6.45) is 2.46. The number of thiophene rings is 1. The summed E-state index contributed by atoms with van der Waals surface area (Å²) < 4.78 is 1.43. The van der Waals surface area contributed by atoms with Crippen molar-refractivity contribution in [2.45, 2.75) is 26.7 Å². The second-order valence-electron chi connectivity index (χ2n) is 3.50. The number of aryl methyl sites for hydroxylation is 2. The molecule has 0 saturated carbocycles. The fourth-order valence-corrected chi connectivity index (χ4v) is 2.73. The minimum absolute atomic E-state index is 1.22. The third-order valence-corrected chi connectivity index (χ3v) is 3.40. The summed E-state index contributed by atoms with van der Waals surface area (Å²) in [5, 5.41) is 1.41. The highest BCUT2D eigenvalue weighted by molar-refractivity contribution is 7.19. The van der Waals surface area contributed by atoms with Crippen LogP contribution in [0, 0.1) is 6.92 Å². The van der Waals surface area contributed by atoms with Gasteiger partial charge < -0.3 is 0 Å². The fourth-order valence-electron chi connectivity index (χ4n) is 1.59. The fraction of sp³-hybridized carbons (Fsp3) is 0.333. The Balaban J connectivity index is 2.49. The molecule has 68 valence electrons. The Morgan fingerprint density at radius 2 is 2.08 bits per heavy atom. The minimum atomic E-state index is 1.22. The van der Waals surface area contributed by atoms with E-state index < -0.39 is 0 Å². The molecule has 0 atom stereocenters. The van der Waals surface area contributed by atoms with Crippen molar-refractivity contribution < 1.29 is 0 Å². The Kier molecular flexibility index (Phi) is 2.36. The quantitative estimate of drug-likeness (QED) is 0.667. The van der Waals surface area contributed by atoms with Gasteiger partial charge in [-0.2, -0.15) is 0 Å². The molecule has 0 amide bonds. The van der Waals surface area contributed by atoms with Gasteiger partial charge in [-0.1, -0.05) is 31.0 Å². The van der Waals surface area contributed by atoms with Crippen molar-refractivity contribution in [3.05, 3.63) is 34.7 Å². The van der Waals surface area contributed by atoms with E-state index in [0.717, 1.165) is 0 Å². The van der Waals surface area contributed by atoms with Crippen molar-refractivity contribution in [2.24, 2.45) is 0 Å². The second kappa shape index (κ2) is 3.51. The third kappa shape index (κ3) is 1.75. The lowest BCUT2D eigenvalue weighted by Crippen LogP contribution is -1.72. The monoisotopic (exact) mass is 190 g/mol. The normalized spacial score (nSPS) is 10.9. The molecule has 13 heavy (non-hydrogen) atoms. The van der Waals surface area contributed by atoms with Crippen molar-refractivity contribution >= 4 is 21.4 Å². The average molecular weight is 190 g/mol. The molecule has 1 aromatic heterocycles. The zero-order valence-electron chi connectivity index (χ0n) is 8.13. The Hall–Kier alpha value is -0.820. The first kappa shape index (κ1) is 8.76. The lowest BCUT2D eigenvalue weighted by molar-refractivity contribution is 0.941. The molecule has 0 aliphatic heterocycles. The van der Waals surface area contributed by atoms with E-state index in [0.29, 0.717) is 0 Å². The zero-order valence-corrected chi connectivity index (χ0v) is 8.95. The summed E-state index contributed by atoms with van der Waals surface area (Å²) in [5.74, 6) is 0. The van der Waals surface area contributed by atoms with Gasteiger partial charge in [-0.15, -0.1) is 11.3 Å². The predicted molar refractivity (Wildman–Crippen MR) is 60.6 cm³/mol. The highest BCUT2D eigenvalue weighted by Crippen LogP contribution is 2.27. The summed E-state index contributed by atoms with van der Waals surface area (Å²) in [6.45, 7) is 4.38. The summed E-state index contributed by atoms with van der Waals surface area (Å²) in [7, 11) is 0. The van der Waals surface area contributed by atoms with Gasteiger partial charge >= 0.3 is 0 Å².